The molecule has 0 heterocycles. The van der Waals surface area contributed by atoms with Crippen LogP contribution in [0.1, 0.15) is 16.8 Å². The molecule has 0 aliphatic heterocycles. The minimum Gasteiger partial charge on any atom is -0.481 e. The standard InChI is InChI=1S/C15H12O3/c1-10(8-14(16)17)15(18)13-7-6-11-4-2-3-5-12(11)9-13/h2-7,9H,1,8H2,(H,16,17). The maximum atomic E-state index is 12.0. The molecule has 0 spiro atoms. The smallest absolute Gasteiger partial charge is 0.307 e. The van der Waals surface area contributed by atoms with Crippen LogP contribution in [0.3, 0.4) is 0 Å². The van der Waals surface area contributed by atoms with Gasteiger partial charge in [0.25, 0.3) is 0 Å². The monoisotopic (exact) mass is 240 g/mol. The second-order valence-electron chi connectivity index (χ2n) is 4.07. The zero-order valence-electron chi connectivity index (χ0n) is 9.72. The van der Waals surface area contributed by atoms with Crippen LogP contribution in [-0.4, -0.2) is 16.9 Å². The van der Waals surface area contributed by atoms with E-state index in [4.69, 9.17) is 5.11 Å². The van der Waals surface area contributed by atoms with Crippen molar-refractivity contribution in [3.8, 4) is 0 Å². The largest absolute Gasteiger partial charge is 0.481 e. The maximum absolute atomic E-state index is 12.0. The highest BCUT2D eigenvalue weighted by atomic mass is 16.4. The summed E-state index contributed by atoms with van der Waals surface area (Å²) in [6.07, 6.45) is -0.328. The molecule has 0 bridgehead atoms. The van der Waals surface area contributed by atoms with E-state index < -0.39 is 5.97 Å². The van der Waals surface area contributed by atoms with Gasteiger partial charge in [-0.3, -0.25) is 9.59 Å². The molecular weight excluding hydrogens is 228 g/mol. The van der Waals surface area contributed by atoms with E-state index in [1.165, 1.54) is 0 Å². The predicted octanol–water partition coefficient (Wildman–Crippen LogP) is 3.05. The van der Waals surface area contributed by atoms with Crippen molar-refractivity contribution in [2.45, 2.75) is 6.42 Å². The van der Waals surface area contributed by atoms with E-state index in [0.29, 0.717) is 5.56 Å². The summed E-state index contributed by atoms with van der Waals surface area (Å²) in [4.78, 5) is 22.5. The van der Waals surface area contributed by atoms with Gasteiger partial charge in [-0.15, -0.1) is 0 Å². The summed E-state index contributed by atoms with van der Waals surface area (Å²) in [5, 5.41) is 10.6. The van der Waals surface area contributed by atoms with Gasteiger partial charge in [0.05, 0.1) is 6.42 Å². The van der Waals surface area contributed by atoms with E-state index in [1.54, 1.807) is 12.1 Å². The maximum Gasteiger partial charge on any atom is 0.307 e. The summed E-state index contributed by atoms with van der Waals surface area (Å²) in [7, 11) is 0. The molecule has 2 aromatic carbocycles. The fraction of sp³-hybridized carbons (Fsp3) is 0.0667. The quantitative estimate of drug-likeness (QED) is 0.660. The van der Waals surface area contributed by atoms with E-state index >= 15 is 0 Å². The second kappa shape index (κ2) is 4.84. The Morgan fingerprint density at radius 3 is 2.39 bits per heavy atom. The first-order chi connectivity index (χ1) is 8.58. The molecule has 0 saturated heterocycles. The van der Waals surface area contributed by atoms with Crippen LogP contribution in [-0.2, 0) is 4.79 Å². The first-order valence-corrected chi connectivity index (χ1v) is 5.51. The van der Waals surface area contributed by atoms with Crippen molar-refractivity contribution in [1.82, 2.24) is 0 Å². The Hall–Kier alpha value is -2.42. The van der Waals surface area contributed by atoms with E-state index in [0.717, 1.165) is 10.8 Å². The zero-order chi connectivity index (χ0) is 13.1. The number of hydrogen-bond donors (Lipinski definition) is 1. The van der Waals surface area contributed by atoms with Gasteiger partial charge >= 0.3 is 5.97 Å². The molecule has 0 aliphatic rings. The third-order valence-electron chi connectivity index (χ3n) is 2.70. The van der Waals surface area contributed by atoms with Crippen molar-refractivity contribution < 1.29 is 14.7 Å². The molecule has 3 nitrogen and oxygen atoms in total. The number of rotatable bonds is 4. The van der Waals surface area contributed by atoms with Crippen LogP contribution >= 0.6 is 0 Å². The zero-order valence-corrected chi connectivity index (χ0v) is 9.72. The molecule has 18 heavy (non-hydrogen) atoms. The van der Waals surface area contributed by atoms with E-state index in [2.05, 4.69) is 6.58 Å². The van der Waals surface area contributed by atoms with Crippen LogP contribution in [0.5, 0.6) is 0 Å². The number of carbonyl (C=O) groups excluding carboxylic acids is 1. The number of carboxylic acid groups (broad SMARTS) is 1. The molecule has 0 saturated carbocycles. The molecule has 1 N–H and O–H groups in total. The summed E-state index contributed by atoms with van der Waals surface area (Å²) in [6, 6.07) is 13.0. The van der Waals surface area contributed by atoms with Crippen molar-refractivity contribution in [1.29, 1.82) is 0 Å². The summed E-state index contributed by atoms with van der Waals surface area (Å²) >= 11 is 0. The molecule has 2 aromatic rings. The Morgan fingerprint density at radius 2 is 1.72 bits per heavy atom. The van der Waals surface area contributed by atoms with Crippen LogP contribution in [0.2, 0.25) is 0 Å². The van der Waals surface area contributed by atoms with E-state index in [1.807, 2.05) is 30.3 Å². The lowest BCUT2D eigenvalue weighted by Gasteiger charge is -2.04. The average Bonchev–Trinajstić information content (AvgIpc) is 2.36. The van der Waals surface area contributed by atoms with Crippen LogP contribution in [0.25, 0.3) is 10.8 Å². The van der Waals surface area contributed by atoms with Crippen molar-refractivity contribution in [2.24, 2.45) is 0 Å². The van der Waals surface area contributed by atoms with Gasteiger partial charge in [-0.25, -0.2) is 0 Å². The van der Waals surface area contributed by atoms with Gasteiger partial charge in [-0.05, 0) is 16.8 Å². The van der Waals surface area contributed by atoms with Gasteiger partial charge in [0.1, 0.15) is 0 Å². The lowest BCUT2D eigenvalue weighted by Crippen LogP contribution is -2.07. The lowest BCUT2D eigenvalue weighted by atomic mass is 9.99. The molecule has 0 atom stereocenters. The molecule has 3 heteroatoms. The number of carboxylic acids is 1. The topological polar surface area (TPSA) is 54.4 Å². The van der Waals surface area contributed by atoms with E-state index in [9.17, 15) is 9.59 Å². The summed E-state index contributed by atoms with van der Waals surface area (Å²) in [5.74, 6) is -1.36. The Morgan fingerprint density at radius 1 is 1.06 bits per heavy atom. The molecule has 0 aromatic heterocycles. The van der Waals surface area contributed by atoms with Crippen LogP contribution in [0.15, 0.2) is 54.6 Å². The summed E-state index contributed by atoms with van der Waals surface area (Å²) < 4.78 is 0. The SMILES string of the molecule is C=C(CC(=O)O)C(=O)c1ccc2ccccc2c1. The fourth-order valence-electron chi connectivity index (χ4n) is 1.80. The Kier molecular flexibility index (Phi) is 3.24. The lowest BCUT2D eigenvalue weighted by molar-refractivity contribution is -0.136. The number of Topliss-reactive ketones (excluding diaryl/α,β-unsaturated/α-hetero) is 1. The van der Waals surface area contributed by atoms with Crippen molar-refractivity contribution in [3.05, 3.63) is 60.2 Å². The molecule has 2 rings (SSSR count). The molecule has 0 unspecified atom stereocenters. The number of ketones is 1. The third kappa shape index (κ3) is 2.46. The normalized spacial score (nSPS) is 10.2. The summed E-state index contributed by atoms with van der Waals surface area (Å²) in [6.45, 7) is 3.52. The van der Waals surface area contributed by atoms with Gasteiger partial charge < -0.3 is 5.11 Å². The first-order valence-electron chi connectivity index (χ1n) is 5.51. The molecule has 90 valence electrons. The first kappa shape index (κ1) is 12.0. The molecule has 0 fully saturated rings. The van der Waals surface area contributed by atoms with Crippen molar-refractivity contribution >= 4 is 22.5 Å². The predicted molar refractivity (Wildman–Crippen MR) is 69.7 cm³/mol. The van der Waals surface area contributed by atoms with Gasteiger partial charge in [0.2, 0.25) is 0 Å². The highest BCUT2D eigenvalue weighted by Crippen LogP contribution is 2.18. The molecule has 0 aliphatic carbocycles. The minimum atomic E-state index is -1.05. The Bertz CT molecular complexity index is 641. The number of fused-ring (bicyclic) bond motifs is 1. The minimum absolute atomic E-state index is 0.0952. The van der Waals surface area contributed by atoms with Crippen LogP contribution in [0, 0.1) is 0 Å². The third-order valence-corrected chi connectivity index (χ3v) is 2.70. The average molecular weight is 240 g/mol. The second-order valence-corrected chi connectivity index (χ2v) is 4.07. The van der Waals surface area contributed by atoms with Gasteiger partial charge in [0, 0.05) is 11.1 Å². The fourth-order valence-corrected chi connectivity index (χ4v) is 1.80. The number of benzene rings is 2. The van der Waals surface area contributed by atoms with Crippen LogP contribution in [0.4, 0.5) is 0 Å². The molecular formula is C15H12O3. The molecule has 0 radical (unpaired) electrons. The van der Waals surface area contributed by atoms with E-state index in [-0.39, 0.29) is 17.8 Å². The number of hydrogen-bond acceptors (Lipinski definition) is 2. The van der Waals surface area contributed by atoms with Gasteiger partial charge in [0.15, 0.2) is 5.78 Å². The van der Waals surface area contributed by atoms with Crippen molar-refractivity contribution in [2.75, 3.05) is 0 Å². The number of aliphatic carboxylic acids is 1. The highest BCUT2D eigenvalue weighted by Gasteiger charge is 2.13. The Balaban J connectivity index is 2.33. The molecule has 0 amide bonds. The highest BCUT2D eigenvalue weighted by molar-refractivity contribution is 6.11. The number of carbonyl (C=O) groups is 2. The van der Waals surface area contributed by atoms with Crippen molar-refractivity contribution in [3.63, 3.8) is 0 Å². The van der Waals surface area contributed by atoms with Crippen LogP contribution < -0.4 is 0 Å². The Labute approximate surface area is 104 Å². The summed E-state index contributed by atoms with van der Waals surface area (Å²) in [5.41, 5.74) is 0.567. The van der Waals surface area contributed by atoms with Gasteiger partial charge in [-0.2, -0.15) is 0 Å². The van der Waals surface area contributed by atoms with Gasteiger partial charge in [-0.1, -0.05) is 43.0 Å².